The number of carbonyl (C=O) groups is 1. The van der Waals surface area contributed by atoms with E-state index in [9.17, 15) is 18.0 Å². The fraction of sp³-hybridized carbons (Fsp3) is 0.167. The summed E-state index contributed by atoms with van der Waals surface area (Å²) < 4.78 is 40.2. The van der Waals surface area contributed by atoms with Crippen LogP contribution < -0.4 is 0 Å². The third kappa shape index (κ3) is 2.44. The van der Waals surface area contributed by atoms with Crippen molar-refractivity contribution in [2.75, 3.05) is 0 Å². The molecule has 0 fully saturated rings. The first-order valence-electron chi connectivity index (χ1n) is 5.27. The van der Waals surface area contributed by atoms with Crippen molar-refractivity contribution in [2.45, 2.75) is 13.1 Å². The van der Waals surface area contributed by atoms with Crippen molar-refractivity contribution in [2.24, 2.45) is 0 Å². The Hall–Kier alpha value is -2.31. The van der Waals surface area contributed by atoms with Crippen LogP contribution in [0.4, 0.5) is 13.2 Å². The first-order chi connectivity index (χ1) is 8.80. The van der Waals surface area contributed by atoms with Crippen LogP contribution >= 0.6 is 0 Å². The highest BCUT2D eigenvalue weighted by Gasteiger charge is 2.38. The van der Waals surface area contributed by atoms with E-state index in [1.54, 1.807) is 6.92 Å². The van der Waals surface area contributed by atoms with Gasteiger partial charge in [-0.1, -0.05) is 6.07 Å². The fourth-order valence-corrected chi connectivity index (χ4v) is 1.76. The molecule has 0 saturated carbocycles. The molecule has 2 rings (SSSR count). The van der Waals surface area contributed by atoms with Gasteiger partial charge in [0.2, 0.25) is 0 Å². The summed E-state index contributed by atoms with van der Waals surface area (Å²) in [4.78, 5) is 10.9. The van der Waals surface area contributed by atoms with Crippen molar-refractivity contribution >= 4 is 5.97 Å². The molecule has 2 aromatic rings. The number of hydrogen-bond donors (Lipinski definition) is 1. The Morgan fingerprint density at radius 2 is 2.00 bits per heavy atom. The predicted octanol–water partition coefficient (Wildman–Crippen LogP) is 2.90. The van der Waals surface area contributed by atoms with E-state index in [1.165, 1.54) is 24.4 Å². The Balaban J connectivity index is 2.74. The minimum Gasteiger partial charge on any atom is -0.478 e. The molecule has 0 spiro atoms. The number of nitrogens with zero attached hydrogens (tertiary/aromatic N) is 2. The van der Waals surface area contributed by atoms with Crippen LogP contribution in [-0.4, -0.2) is 20.9 Å². The van der Waals surface area contributed by atoms with E-state index in [0.717, 1.165) is 10.7 Å². The average Bonchev–Trinajstić information content (AvgIpc) is 2.73. The Morgan fingerprint density at radius 1 is 1.32 bits per heavy atom. The van der Waals surface area contributed by atoms with Crippen LogP contribution in [0.2, 0.25) is 0 Å². The smallest absolute Gasteiger partial charge is 0.419 e. The SMILES string of the molecule is Cc1ccn(-c2cccc(C(=O)O)c2C(F)(F)F)n1. The maximum Gasteiger partial charge on any atom is 0.419 e. The summed E-state index contributed by atoms with van der Waals surface area (Å²) in [6.45, 7) is 1.63. The summed E-state index contributed by atoms with van der Waals surface area (Å²) in [5.74, 6) is -1.63. The number of alkyl halides is 3. The molecule has 0 bridgehead atoms. The maximum atomic E-state index is 13.1. The number of aromatic carboxylic acids is 1. The van der Waals surface area contributed by atoms with Gasteiger partial charge in [-0.15, -0.1) is 0 Å². The number of rotatable bonds is 2. The van der Waals surface area contributed by atoms with Gasteiger partial charge in [0.05, 0.1) is 22.5 Å². The highest BCUT2D eigenvalue weighted by atomic mass is 19.4. The van der Waals surface area contributed by atoms with E-state index in [4.69, 9.17) is 5.11 Å². The van der Waals surface area contributed by atoms with E-state index in [-0.39, 0.29) is 5.69 Å². The molecular formula is C12H9F3N2O2. The van der Waals surface area contributed by atoms with Crippen molar-refractivity contribution in [3.8, 4) is 5.69 Å². The van der Waals surface area contributed by atoms with Crippen molar-refractivity contribution in [3.05, 3.63) is 47.3 Å². The van der Waals surface area contributed by atoms with Gasteiger partial charge < -0.3 is 5.11 Å². The Morgan fingerprint density at radius 3 is 2.47 bits per heavy atom. The van der Waals surface area contributed by atoms with Crippen LogP contribution in [0, 0.1) is 6.92 Å². The molecule has 0 aliphatic carbocycles. The topological polar surface area (TPSA) is 55.1 Å². The summed E-state index contributed by atoms with van der Waals surface area (Å²) in [5, 5.41) is 12.8. The van der Waals surface area contributed by atoms with E-state index in [0.29, 0.717) is 5.69 Å². The third-order valence-electron chi connectivity index (χ3n) is 2.53. The van der Waals surface area contributed by atoms with E-state index in [2.05, 4.69) is 5.10 Å². The van der Waals surface area contributed by atoms with Crippen LogP contribution in [-0.2, 0) is 6.18 Å². The molecule has 0 aliphatic rings. The molecule has 0 atom stereocenters. The monoisotopic (exact) mass is 270 g/mol. The number of hydrogen-bond acceptors (Lipinski definition) is 2. The van der Waals surface area contributed by atoms with Crippen LogP contribution in [0.5, 0.6) is 0 Å². The van der Waals surface area contributed by atoms with Gasteiger partial charge in [-0.25, -0.2) is 9.48 Å². The molecule has 0 radical (unpaired) electrons. The number of benzene rings is 1. The van der Waals surface area contributed by atoms with Gasteiger partial charge in [-0.3, -0.25) is 0 Å². The Kier molecular flexibility index (Phi) is 3.05. The zero-order valence-corrected chi connectivity index (χ0v) is 9.77. The zero-order valence-electron chi connectivity index (χ0n) is 9.77. The largest absolute Gasteiger partial charge is 0.478 e. The molecule has 7 heteroatoms. The van der Waals surface area contributed by atoms with Crippen molar-refractivity contribution in [1.29, 1.82) is 0 Å². The van der Waals surface area contributed by atoms with Gasteiger partial charge >= 0.3 is 12.1 Å². The summed E-state index contributed by atoms with van der Waals surface area (Å²) in [6, 6.07) is 4.89. The lowest BCUT2D eigenvalue weighted by Crippen LogP contribution is -2.17. The lowest BCUT2D eigenvalue weighted by Gasteiger charge is -2.15. The summed E-state index contributed by atoms with van der Waals surface area (Å²) >= 11 is 0. The minimum atomic E-state index is -4.77. The maximum absolute atomic E-state index is 13.1. The van der Waals surface area contributed by atoms with Gasteiger partial charge in [-0.05, 0) is 25.1 Å². The zero-order chi connectivity index (χ0) is 14.2. The van der Waals surface area contributed by atoms with Crippen LogP contribution in [0.25, 0.3) is 5.69 Å². The van der Waals surface area contributed by atoms with Crippen molar-refractivity contribution < 1.29 is 23.1 Å². The van der Waals surface area contributed by atoms with Crippen molar-refractivity contribution in [1.82, 2.24) is 9.78 Å². The van der Waals surface area contributed by atoms with Gasteiger partial charge in [0, 0.05) is 6.20 Å². The standard InChI is InChI=1S/C12H9F3N2O2/c1-7-5-6-17(16-7)9-4-2-3-8(11(18)19)10(9)12(13,14)15/h2-6H,1H3,(H,18,19). The van der Waals surface area contributed by atoms with Gasteiger partial charge in [0.1, 0.15) is 0 Å². The normalized spacial score (nSPS) is 11.6. The summed E-state index contributed by atoms with van der Waals surface area (Å²) in [7, 11) is 0. The lowest BCUT2D eigenvalue weighted by molar-refractivity contribution is -0.138. The second kappa shape index (κ2) is 4.42. The van der Waals surface area contributed by atoms with E-state index < -0.39 is 23.3 Å². The first kappa shape index (κ1) is 13.1. The highest BCUT2D eigenvalue weighted by Crippen LogP contribution is 2.36. The second-order valence-corrected chi connectivity index (χ2v) is 3.90. The lowest BCUT2D eigenvalue weighted by atomic mass is 10.0. The number of aromatic nitrogens is 2. The molecule has 1 aromatic carbocycles. The molecule has 1 heterocycles. The predicted molar refractivity (Wildman–Crippen MR) is 60.3 cm³/mol. The second-order valence-electron chi connectivity index (χ2n) is 3.90. The summed E-state index contributed by atoms with van der Waals surface area (Å²) in [6.07, 6.45) is -3.42. The molecule has 1 aromatic heterocycles. The molecule has 19 heavy (non-hydrogen) atoms. The molecule has 0 unspecified atom stereocenters. The Bertz CT molecular complexity index is 632. The highest BCUT2D eigenvalue weighted by molar-refractivity contribution is 5.90. The number of carboxylic acids is 1. The van der Waals surface area contributed by atoms with Gasteiger partial charge in [0.15, 0.2) is 0 Å². The molecular weight excluding hydrogens is 261 g/mol. The Labute approximate surface area is 106 Å². The number of halogens is 3. The minimum absolute atomic E-state index is 0.305. The molecule has 4 nitrogen and oxygen atoms in total. The molecule has 0 saturated heterocycles. The molecule has 0 aliphatic heterocycles. The quantitative estimate of drug-likeness (QED) is 0.912. The van der Waals surface area contributed by atoms with E-state index in [1.807, 2.05) is 0 Å². The van der Waals surface area contributed by atoms with E-state index >= 15 is 0 Å². The summed E-state index contributed by atoms with van der Waals surface area (Å²) in [5.41, 5.74) is -1.77. The molecule has 100 valence electrons. The average molecular weight is 270 g/mol. The first-order valence-corrected chi connectivity index (χ1v) is 5.27. The molecule has 0 amide bonds. The molecule has 1 N–H and O–H groups in total. The number of aryl methyl sites for hydroxylation is 1. The fourth-order valence-electron chi connectivity index (χ4n) is 1.76. The van der Waals surface area contributed by atoms with Crippen LogP contribution in [0.3, 0.4) is 0 Å². The van der Waals surface area contributed by atoms with Gasteiger partial charge in [-0.2, -0.15) is 18.3 Å². The van der Waals surface area contributed by atoms with Crippen LogP contribution in [0.1, 0.15) is 21.6 Å². The van der Waals surface area contributed by atoms with Crippen LogP contribution in [0.15, 0.2) is 30.5 Å². The van der Waals surface area contributed by atoms with Gasteiger partial charge in [0.25, 0.3) is 0 Å². The van der Waals surface area contributed by atoms with Crippen molar-refractivity contribution in [3.63, 3.8) is 0 Å². The number of carboxylic acid groups (broad SMARTS) is 1. The third-order valence-corrected chi connectivity index (χ3v) is 2.53.